The monoisotopic (exact) mass is 277 g/mol. The maximum Gasteiger partial charge on any atom is 0.0769 e. The van der Waals surface area contributed by atoms with Gasteiger partial charge in [-0.3, -0.25) is 0 Å². The highest BCUT2D eigenvalue weighted by atomic mass is 16.5. The highest BCUT2D eigenvalue weighted by molar-refractivity contribution is 5.36. The molecule has 0 aliphatic rings. The third-order valence-electron chi connectivity index (χ3n) is 3.92. The summed E-state index contributed by atoms with van der Waals surface area (Å²) in [4.78, 5) is 0. The Balaban J connectivity index is 3.05. The Morgan fingerprint density at radius 1 is 1.10 bits per heavy atom. The lowest BCUT2D eigenvalue weighted by atomic mass is 9.92. The number of hydrogen-bond donors (Lipinski definition) is 1. The minimum Gasteiger partial charge on any atom is -0.377 e. The summed E-state index contributed by atoms with van der Waals surface area (Å²) in [6, 6.07) is 6.89. The van der Waals surface area contributed by atoms with Crippen molar-refractivity contribution in [2.45, 2.75) is 66.0 Å². The lowest BCUT2D eigenvalue weighted by Gasteiger charge is -2.30. The maximum atomic E-state index is 6.03. The molecule has 1 rings (SSSR count). The number of benzene rings is 1. The predicted molar refractivity (Wildman–Crippen MR) is 87.3 cm³/mol. The number of nitrogens with one attached hydrogen (secondary N) is 1. The molecule has 0 heterocycles. The van der Waals surface area contributed by atoms with Gasteiger partial charge in [0, 0.05) is 6.61 Å². The van der Waals surface area contributed by atoms with Crippen LogP contribution in [0.5, 0.6) is 0 Å². The third-order valence-corrected chi connectivity index (χ3v) is 3.92. The van der Waals surface area contributed by atoms with Gasteiger partial charge in [-0.15, -0.1) is 0 Å². The Morgan fingerprint density at radius 2 is 1.85 bits per heavy atom. The van der Waals surface area contributed by atoms with Crippen LogP contribution in [0, 0.1) is 13.8 Å². The van der Waals surface area contributed by atoms with Gasteiger partial charge < -0.3 is 10.1 Å². The SMILES string of the molecule is CCCNC(c1cccc(C)c1C)C(CCC)OCC. The Morgan fingerprint density at radius 3 is 2.45 bits per heavy atom. The molecule has 1 N–H and O–H groups in total. The van der Waals surface area contributed by atoms with E-state index in [4.69, 9.17) is 4.74 Å². The molecule has 0 aliphatic heterocycles. The minimum absolute atomic E-state index is 0.261. The molecule has 2 heteroatoms. The van der Waals surface area contributed by atoms with Gasteiger partial charge in [-0.2, -0.15) is 0 Å². The zero-order chi connectivity index (χ0) is 15.0. The second-order valence-corrected chi connectivity index (χ2v) is 5.50. The van der Waals surface area contributed by atoms with Crippen LogP contribution in [0.1, 0.15) is 62.8 Å². The molecule has 0 fully saturated rings. The van der Waals surface area contributed by atoms with Crippen LogP contribution in [0.3, 0.4) is 0 Å². The van der Waals surface area contributed by atoms with E-state index in [9.17, 15) is 0 Å². The van der Waals surface area contributed by atoms with Gasteiger partial charge >= 0.3 is 0 Å². The number of rotatable bonds is 9. The fraction of sp³-hybridized carbons (Fsp3) is 0.667. The van der Waals surface area contributed by atoms with Crippen molar-refractivity contribution in [1.82, 2.24) is 5.32 Å². The zero-order valence-electron chi connectivity index (χ0n) is 13.8. The first kappa shape index (κ1) is 17.2. The molecule has 0 saturated heterocycles. The first-order valence-electron chi connectivity index (χ1n) is 8.06. The van der Waals surface area contributed by atoms with E-state index in [0.29, 0.717) is 6.04 Å². The lowest BCUT2D eigenvalue weighted by molar-refractivity contribution is 0.0274. The zero-order valence-corrected chi connectivity index (χ0v) is 13.8. The van der Waals surface area contributed by atoms with E-state index in [2.05, 4.69) is 58.1 Å². The van der Waals surface area contributed by atoms with E-state index < -0.39 is 0 Å². The Bertz CT molecular complexity index is 383. The van der Waals surface area contributed by atoms with Crippen molar-refractivity contribution < 1.29 is 4.74 Å². The van der Waals surface area contributed by atoms with Gasteiger partial charge in [-0.25, -0.2) is 0 Å². The number of hydrogen-bond acceptors (Lipinski definition) is 2. The van der Waals surface area contributed by atoms with Crippen LogP contribution in [-0.2, 0) is 4.74 Å². The molecule has 0 bridgehead atoms. The quantitative estimate of drug-likeness (QED) is 0.715. The van der Waals surface area contributed by atoms with E-state index in [1.165, 1.54) is 16.7 Å². The molecule has 2 atom stereocenters. The Labute approximate surface area is 124 Å². The molecule has 0 aliphatic carbocycles. The second-order valence-electron chi connectivity index (χ2n) is 5.50. The topological polar surface area (TPSA) is 21.3 Å². The Kier molecular flexibility index (Phi) is 7.86. The van der Waals surface area contributed by atoms with Crippen molar-refractivity contribution in [2.75, 3.05) is 13.2 Å². The van der Waals surface area contributed by atoms with E-state index in [0.717, 1.165) is 32.4 Å². The number of ether oxygens (including phenoxy) is 1. The second kappa shape index (κ2) is 9.15. The fourth-order valence-corrected chi connectivity index (χ4v) is 2.70. The summed E-state index contributed by atoms with van der Waals surface area (Å²) < 4.78 is 6.03. The van der Waals surface area contributed by atoms with Crippen LogP contribution >= 0.6 is 0 Å². The van der Waals surface area contributed by atoms with E-state index in [1.54, 1.807) is 0 Å². The van der Waals surface area contributed by atoms with Crippen LogP contribution in [0.2, 0.25) is 0 Å². The first-order chi connectivity index (χ1) is 9.65. The normalized spacial score (nSPS) is 14.2. The standard InChI is InChI=1S/C18H31NO/c1-6-10-17(20-8-3)18(19-13-7-2)16-12-9-11-14(4)15(16)5/h9,11-12,17-19H,6-8,10,13H2,1-5H3. The van der Waals surface area contributed by atoms with Crippen molar-refractivity contribution in [3.63, 3.8) is 0 Å². The summed E-state index contributed by atoms with van der Waals surface area (Å²) >= 11 is 0. The van der Waals surface area contributed by atoms with Crippen molar-refractivity contribution in [1.29, 1.82) is 0 Å². The van der Waals surface area contributed by atoms with Crippen LogP contribution in [0.15, 0.2) is 18.2 Å². The summed E-state index contributed by atoms with van der Waals surface area (Å²) in [6.45, 7) is 12.7. The summed E-state index contributed by atoms with van der Waals surface area (Å²) in [6.07, 6.45) is 3.66. The molecular weight excluding hydrogens is 246 g/mol. The van der Waals surface area contributed by atoms with Gasteiger partial charge in [-0.05, 0) is 56.8 Å². The van der Waals surface area contributed by atoms with Crippen LogP contribution in [0.4, 0.5) is 0 Å². The summed E-state index contributed by atoms with van der Waals surface area (Å²) in [5.74, 6) is 0. The summed E-state index contributed by atoms with van der Waals surface area (Å²) in [7, 11) is 0. The van der Waals surface area contributed by atoms with Gasteiger partial charge in [0.1, 0.15) is 0 Å². The van der Waals surface area contributed by atoms with Crippen LogP contribution in [0.25, 0.3) is 0 Å². The van der Waals surface area contributed by atoms with E-state index in [-0.39, 0.29) is 6.10 Å². The van der Waals surface area contributed by atoms with Gasteiger partial charge in [0.15, 0.2) is 0 Å². The van der Waals surface area contributed by atoms with Crippen LogP contribution in [-0.4, -0.2) is 19.3 Å². The average molecular weight is 277 g/mol. The van der Waals surface area contributed by atoms with E-state index >= 15 is 0 Å². The van der Waals surface area contributed by atoms with Crippen LogP contribution < -0.4 is 5.32 Å². The molecule has 0 spiro atoms. The molecule has 2 nitrogen and oxygen atoms in total. The highest BCUT2D eigenvalue weighted by Gasteiger charge is 2.24. The molecule has 114 valence electrons. The Hall–Kier alpha value is -0.860. The summed E-state index contributed by atoms with van der Waals surface area (Å²) in [5, 5.41) is 3.70. The van der Waals surface area contributed by atoms with Gasteiger partial charge in [0.25, 0.3) is 0 Å². The molecule has 0 radical (unpaired) electrons. The molecule has 0 aromatic heterocycles. The van der Waals surface area contributed by atoms with Gasteiger partial charge in [0.2, 0.25) is 0 Å². The average Bonchev–Trinajstić information content (AvgIpc) is 2.44. The maximum absolute atomic E-state index is 6.03. The van der Waals surface area contributed by atoms with Crippen molar-refractivity contribution >= 4 is 0 Å². The number of aryl methyl sites for hydroxylation is 1. The molecule has 0 saturated carbocycles. The predicted octanol–water partition coefficient (Wildman–Crippen LogP) is 4.55. The molecule has 20 heavy (non-hydrogen) atoms. The lowest BCUT2D eigenvalue weighted by Crippen LogP contribution is -2.35. The molecular formula is C18H31NO. The first-order valence-corrected chi connectivity index (χ1v) is 8.06. The highest BCUT2D eigenvalue weighted by Crippen LogP contribution is 2.27. The largest absolute Gasteiger partial charge is 0.377 e. The fourth-order valence-electron chi connectivity index (χ4n) is 2.70. The van der Waals surface area contributed by atoms with E-state index in [1.807, 2.05) is 0 Å². The van der Waals surface area contributed by atoms with Crippen molar-refractivity contribution in [3.05, 3.63) is 34.9 Å². The van der Waals surface area contributed by atoms with Gasteiger partial charge in [-0.1, -0.05) is 38.5 Å². The smallest absolute Gasteiger partial charge is 0.0769 e. The van der Waals surface area contributed by atoms with Gasteiger partial charge in [0.05, 0.1) is 12.1 Å². The summed E-state index contributed by atoms with van der Waals surface area (Å²) in [5.41, 5.74) is 4.14. The third kappa shape index (κ3) is 4.60. The minimum atomic E-state index is 0.261. The molecule has 0 amide bonds. The molecule has 2 unspecified atom stereocenters. The molecule has 1 aromatic rings. The van der Waals surface area contributed by atoms with Crippen molar-refractivity contribution in [2.24, 2.45) is 0 Å². The van der Waals surface area contributed by atoms with Crippen molar-refractivity contribution in [3.8, 4) is 0 Å². The molecule has 1 aromatic carbocycles.